The first-order valence-corrected chi connectivity index (χ1v) is 8.64. The van der Waals surface area contributed by atoms with Crippen molar-refractivity contribution in [1.82, 2.24) is 4.90 Å². The number of hydrogen-bond donors (Lipinski definition) is 1. The normalized spacial score (nSPS) is 19.9. The first-order chi connectivity index (χ1) is 9.43. The second kappa shape index (κ2) is 5.93. The third-order valence-corrected chi connectivity index (χ3v) is 4.82. The quantitative estimate of drug-likeness (QED) is 0.904. The van der Waals surface area contributed by atoms with Gasteiger partial charge in [-0.2, -0.15) is 0 Å². The molecule has 110 valence electrons. The van der Waals surface area contributed by atoms with Crippen LogP contribution in [0.2, 0.25) is 0 Å². The van der Waals surface area contributed by atoms with E-state index in [1.807, 2.05) is 0 Å². The van der Waals surface area contributed by atoms with E-state index in [9.17, 15) is 13.2 Å². The van der Waals surface area contributed by atoms with Crippen molar-refractivity contribution in [3.8, 4) is 0 Å². The van der Waals surface area contributed by atoms with Crippen LogP contribution in [-0.4, -0.2) is 44.6 Å². The highest BCUT2D eigenvalue weighted by Crippen LogP contribution is 2.20. The Morgan fingerprint density at radius 1 is 1.30 bits per heavy atom. The minimum atomic E-state index is -3.23. The Bertz CT molecular complexity index is 581. The molecule has 1 aromatic carbocycles. The van der Waals surface area contributed by atoms with Crippen molar-refractivity contribution in [3.63, 3.8) is 0 Å². The van der Waals surface area contributed by atoms with Crippen molar-refractivity contribution in [2.75, 3.05) is 19.3 Å². The molecule has 5 nitrogen and oxygen atoms in total. The number of nitrogens with zero attached hydrogens (tertiary/aromatic N) is 1. The van der Waals surface area contributed by atoms with Crippen LogP contribution in [0, 0.1) is 0 Å². The third kappa shape index (κ3) is 3.19. The molecular weight excluding hydrogens is 276 g/mol. The highest BCUT2D eigenvalue weighted by molar-refractivity contribution is 7.90. The summed E-state index contributed by atoms with van der Waals surface area (Å²) in [5, 5.41) is 0. The Kier molecular flexibility index (Phi) is 4.45. The molecule has 0 radical (unpaired) electrons. The van der Waals surface area contributed by atoms with Crippen LogP contribution in [0.3, 0.4) is 0 Å². The number of amides is 1. The summed E-state index contributed by atoms with van der Waals surface area (Å²) in [5.41, 5.74) is 6.23. The topological polar surface area (TPSA) is 80.5 Å². The Balaban J connectivity index is 2.20. The van der Waals surface area contributed by atoms with Crippen LogP contribution in [0.4, 0.5) is 0 Å². The number of carbonyl (C=O) groups is 1. The molecule has 1 fully saturated rings. The Morgan fingerprint density at radius 3 is 2.50 bits per heavy atom. The predicted molar refractivity (Wildman–Crippen MR) is 77.3 cm³/mol. The van der Waals surface area contributed by atoms with E-state index < -0.39 is 9.84 Å². The first-order valence-electron chi connectivity index (χ1n) is 6.74. The summed E-state index contributed by atoms with van der Waals surface area (Å²) in [6, 6.07) is 6.18. The molecule has 2 N–H and O–H groups in total. The molecule has 0 aliphatic carbocycles. The molecular formula is C14H20N2O3S. The number of rotatable bonds is 3. The molecule has 0 saturated carbocycles. The Hall–Kier alpha value is -1.40. The zero-order valence-electron chi connectivity index (χ0n) is 11.6. The van der Waals surface area contributed by atoms with Gasteiger partial charge in [0.2, 0.25) is 0 Å². The number of carbonyl (C=O) groups excluding carboxylic acids is 1. The summed E-state index contributed by atoms with van der Waals surface area (Å²) in [6.07, 6.45) is 4.17. The van der Waals surface area contributed by atoms with Crippen LogP contribution in [-0.2, 0) is 9.84 Å². The van der Waals surface area contributed by atoms with Gasteiger partial charge in [0.25, 0.3) is 5.91 Å². The lowest BCUT2D eigenvalue weighted by Crippen LogP contribution is -2.47. The average Bonchev–Trinajstić information content (AvgIpc) is 2.45. The smallest absolute Gasteiger partial charge is 0.254 e. The van der Waals surface area contributed by atoms with Crippen LogP contribution in [0.15, 0.2) is 29.2 Å². The summed E-state index contributed by atoms with van der Waals surface area (Å²) in [4.78, 5) is 14.5. The van der Waals surface area contributed by atoms with Crippen LogP contribution in [0.25, 0.3) is 0 Å². The lowest BCUT2D eigenvalue weighted by Gasteiger charge is -2.35. The highest BCUT2D eigenvalue weighted by atomic mass is 32.2. The predicted octanol–water partition coefficient (Wildman–Crippen LogP) is 1.04. The van der Waals surface area contributed by atoms with Gasteiger partial charge >= 0.3 is 0 Å². The lowest BCUT2D eigenvalue weighted by molar-refractivity contribution is 0.0623. The van der Waals surface area contributed by atoms with Gasteiger partial charge in [0.05, 0.1) is 4.90 Å². The molecule has 2 rings (SSSR count). The standard InChI is InChI=1S/C14H20N2O3S/c1-20(18,19)13-7-5-11(6-8-13)14(17)16-9-3-2-4-12(16)10-15/h5-8,12H,2-4,9-10,15H2,1H3. The molecule has 1 unspecified atom stereocenters. The number of nitrogens with two attached hydrogens (primary N) is 1. The maximum absolute atomic E-state index is 12.5. The maximum Gasteiger partial charge on any atom is 0.254 e. The average molecular weight is 296 g/mol. The second-order valence-electron chi connectivity index (χ2n) is 5.18. The second-order valence-corrected chi connectivity index (χ2v) is 7.20. The largest absolute Gasteiger partial charge is 0.334 e. The van der Waals surface area contributed by atoms with Crippen LogP contribution >= 0.6 is 0 Å². The van der Waals surface area contributed by atoms with Gasteiger partial charge in [0.15, 0.2) is 9.84 Å². The Morgan fingerprint density at radius 2 is 1.95 bits per heavy atom. The number of piperidine rings is 1. The summed E-state index contributed by atoms with van der Waals surface area (Å²) < 4.78 is 22.8. The molecule has 1 aliphatic rings. The Labute approximate surface area is 119 Å². The highest BCUT2D eigenvalue weighted by Gasteiger charge is 2.26. The minimum Gasteiger partial charge on any atom is -0.334 e. The van der Waals surface area contributed by atoms with E-state index in [1.165, 1.54) is 12.1 Å². The van der Waals surface area contributed by atoms with Gasteiger partial charge in [-0.15, -0.1) is 0 Å². The van der Waals surface area contributed by atoms with Gasteiger partial charge < -0.3 is 10.6 Å². The van der Waals surface area contributed by atoms with E-state index in [1.54, 1.807) is 17.0 Å². The summed E-state index contributed by atoms with van der Waals surface area (Å²) in [7, 11) is -3.23. The zero-order valence-corrected chi connectivity index (χ0v) is 12.4. The number of benzene rings is 1. The van der Waals surface area contributed by atoms with Crippen molar-refractivity contribution < 1.29 is 13.2 Å². The monoisotopic (exact) mass is 296 g/mol. The van der Waals surface area contributed by atoms with Gasteiger partial charge in [-0.25, -0.2) is 8.42 Å². The van der Waals surface area contributed by atoms with E-state index in [0.717, 1.165) is 25.5 Å². The van der Waals surface area contributed by atoms with E-state index >= 15 is 0 Å². The maximum atomic E-state index is 12.5. The van der Waals surface area contributed by atoms with Crippen molar-refractivity contribution >= 4 is 15.7 Å². The van der Waals surface area contributed by atoms with E-state index in [4.69, 9.17) is 5.73 Å². The minimum absolute atomic E-state index is 0.0693. The summed E-state index contributed by atoms with van der Waals surface area (Å²) >= 11 is 0. The number of likely N-dealkylation sites (tertiary alicyclic amines) is 1. The molecule has 20 heavy (non-hydrogen) atoms. The van der Waals surface area contributed by atoms with Gasteiger partial charge in [-0.1, -0.05) is 0 Å². The van der Waals surface area contributed by atoms with Gasteiger partial charge in [-0.3, -0.25) is 4.79 Å². The third-order valence-electron chi connectivity index (χ3n) is 3.69. The number of hydrogen-bond acceptors (Lipinski definition) is 4. The van der Waals surface area contributed by atoms with E-state index in [0.29, 0.717) is 18.7 Å². The van der Waals surface area contributed by atoms with Crippen molar-refractivity contribution in [2.45, 2.75) is 30.2 Å². The molecule has 1 saturated heterocycles. The molecule has 1 amide bonds. The van der Waals surface area contributed by atoms with Crippen molar-refractivity contribution in [1.29, 1.82) is 0 Å². The fourth-order valence-electron chi connectivity index (χ4n) is 2.52. The molecule has 0 bridgehead atoms. The molecule has 0 aromatic heterocycles. The van der Waals surface area contributed by atoms with Crippen LogP contribution in [0.5, 0.6) is 0 Å². The lowest BCUT2D eigenvalue weighted by atomic mass is 10.0. The molecule has 1 aromatic rings. The molecule has 1 aliphatic heterocycles. The summed E-state index contributed by atoms with van der Waals surface area (Å²) in [6.45, 7) is 1.18. The molecule has 0 spiro atoms. The fourth-order valence-corrected chi connectivity index (χ4v) is 3.15. The van der Waals surface area contributed by atoms with E-state index in [2.05, 4.69) is 0 Å². The molecule has 1 atom stereocenters. The van der Waals surface area contributed by atoms with Gasteiger partial charge in [0, 0.05) is 31.0 Å². The zero-order chi connectivity index (χ0) is 14.8. The van der Waals surface area contributed by atoms with Gasteiger partial charge in [0.1, 0.15) is 0 Å². The SMILES string of the molecule is CS(=O)(=O)c1ccc(C(=O)N2CCCCC2CN)cc1. The van der Waals surface area contributed by atoms with Gasteiger partial charge in [-0.05, 0) is 43.5 Å². The van der Waals surface area contributed by atoms with Crippen molar-refractivity contribution in [3.05, 3.63) is 29.8 Å². The van der Waals surface area contributed by atoms with Crippen LogP contribution < -0.4 is 5.73 Å². The molecule has 1 heterocycles. The fraction of sp³-hybridized carbons (Fsp3) is 0.500. The number of sulfone groups is 1. The van der Waals surface area contributed by atoms with Crippen LogP contribution in [0.1, 0.15) is 29.6 Å². The van der Waals surface area contributed by atoms with E-state index in [-0.39, 0.29) is 16.8 Å². The summed E-state index contributed by atoms with van der Waals surface area (Å²) in [5.74, 6) is -0.0693. The van der Waals surface area contributed by atoms with Crippen molar-refractivity contribution in [2.24, 2.45) is 5.73 Å². The first kappa shape index (κ1) is 15.0. The molecule has 6 heteroatoms.